The van der Waals surface area contributed by atoms with Crippen molar-refractivity contribution < 1.29 is 4.52 Å². The molecule has 4 heteroatoms. The number of rotatable bonds is 5. The van der Waals surface area contributed by atoms with Crippen LogP contribution in [0.4, 0.5) is 0 Å². The van der Waals surface area contributed by atoms with Gasteiger partial charge in [0.05, 0.1) is 5.75 Å². The van der Waals surface area contributed by atoms with Crippen molar-refractivity contribution in [3.05, 3.63) is 41.5 Å². The topological polar surface area (TPSA) is 38.9 Å². The summed E-state index contributed by atoms with van der Waals surface area (Å²) in [4.78, 5) is 5.52. The minimum atomic E-state index is 0.576. The van der Waals surface area contributed by atoms with E-state index in [-0.39, 0.29) is 0 Å². The molecule has 0 radical (unpaired) electrons. The molecule has 0 unspecified atom stereocenters. The predicted molar refractivity (Wildman–Crippen MR) is 73.8 cm³/mol. The number of benzene rings is 1. The third kappa shape index (κ3) is 3.35. The van der Waals surface area contributed by atoms with Crippen molar-refractivity contribution in [3.8, 4) is 0 Å². The Bertz CT molecular complexity index is 491. The summed E-state index contributed by atoms with van der Waals surface area (Å²) in [5, 5.41) is 3.88. The van der Waals surface area contributed by atoms with Crippen molar-refractivity contribution in [2.45, 2.75) is 43.8 Å². The Balaban J connectivity index is 1.93. The molecule has 2 rings (SSSR count). The zero-order valence-corrected chi connectivity index (χ0v) is 11.8. The molecule has 1 aromatic heterocycles. The number of hydrogen-bond acceptors (Lipinski definition) is 4. The second-order valence-electron chi connectivity index (χ2n) is 4.47. The minimum absolute atomic E-state index is 0.576. The molecular formula is C14H18N2OS. The molecule has 0 aliphatic carbocycles. The Morgan fingerprint density at radius 2 is 1.94 bits per heavy atom. The van der Waals surface area contributed by atoms with Gasteiger partial charge in [-0.3, -0.25) is 0 Å². The maximum absolute atomic E-state index is 5.16. The highest BCUT2D eigenvalue weighted by atomic mass is 32.2. The van der Waals surface area contributed by atoms with Gasteiger partial charge in [-0.05, 0) is 23.6 Å². The molecule has 0 amide bonds. The molecule has 3 nitrogen and oxygen atoms in total. The maximum atomic E-state index is 5.16. The Hall–Kier alpha value is -1.29. The first-order valence-corrected chi connectivity index (χ1v) is 7.21. The van der Waals surface area contributed by atoms with E-state index in [1.165, 1.54) is 10.5 Å². The first-order valence-electron chi connectivity index (χ1n) is 6.23. The average Bonchev–Trinajstić information content (AvgIpc) is 2.85. The van der Waals surface area contributed by atoms with Crippen molar-refractivity contribution in [3.63, 3.8) is 0 Å². The number of aromatic nitrogens is 2. The second kappa shape index (κ2) is 6.05. The number of aryl methyl sites for hydroxylation is 1. The summed E-state index contributed by atoms with van der Waals surface area (Å²) in [5.41, 5.74) is 1.37. The van der Waals surface area contributed by atoms with Crippen LogP contribution >= 0.6 is 11.8 Å². The van der Waals surface area contributed by atoms with E-state index in [2.05, 4.69) is 48.3 Å². The molecule has 0 aliphatic rings. The fourth-order valence-electron chi connectivity index (χ4n) is 1.59. The number of hydrogen-bond donors (Lipinski definition) is 0. The molecule has 2 aromatic rings. The lowest BCUT2D eigenvalue weighted by molar-refractivity contribution is 0.385. The molecule has 0 spiro atoms. The van der Waals surface area contributed by atoms with E-state index in [1.54, 1.807) is 11.8 Å². The zero-order valence-electron chi connectivity index (χ0n) is 11.0. The summed E-state index contributed by atoms with van der Waals surface area (Å²) in [6, 6.07) is 8.66. The van der Waals surface area contributed by atoms with Crippen LogP contribution in [0, 0.1) is 0 Å². The van der Waals surface area contributed by atoms with Crippen molar-refractivity contribution in [2.24, 2.45) is 0 Å². The first kappa shape index (κ1) is 13.1. The third-order valence-electron chi connectivity index (χ3n) is 2.74. The molecule has 0 bridgehead atoms. The molecule has 96 valence electrons. The van der Waals surface area contributed by atoms with Crippen LogP contribution in [0.15, 0.2) is 33.7 Å². The maximum Gasteiger partial charge on any atom is 0.237 e. The van der Waals surface area contributed by atoms with Gasteiger partial charge in [0.1, 0.15) is 0 Å². The van der Waals surface area contributed by atoms with Gasteiger partial charge in [-0.1, -0.05) is 38.1 Å². The summed E-state index contributed by atoms with van der Waals surface area (Å²) in [6.45, 7) is 6.42. The molecule has 0 fully saturated rings. The lowest BCUT2D eigenvalue weighted by Gasteiger charge is -2.05. The Morgan fingerprint density at radius 3 is 2.50 bits per heavy atom. The van der Waals surface area contributed by atoms with Gasteiger partial charge >= 0.3 is 0 Å². The predicted octanol–water partition coefficient (Wildman–Crippen LogP) is 4.05. The number of nitrogens with zero attached hydrogens (tertiary/aromatic N) is 2. The monoisotopic (exact) mass is 262 g/mol. The van der Waals surface area contributed by atoms with Gasteiger partial charge in [0.25, 0.3) is 0 Å². The van der Waals surface area contributed by atoms with E-state index in [0.717, 1.165) is 18.0 Å². The molecule has 1 heterocycles. The molecule has 0 saturated carbocycles. The van der Waals surface area contributed by atoms with Gasteiger partial charge < -0.3 is 4.52 Å². The van der Waals surface area contributed by atoms with Crippen LogP contribution in [-0.4, -0.2) is 10.1 Å². The highest BCUT2D eigenvalue weighted by Crippen LogP contribution is 2.24. The summed E-state index contributed by atoms with van der Waals surface area (Å²) in [7, 11) is 0. The van der Waals surface area contributed by atoms with Crippen molar-refractivity contribution >= 4 is 11.8 Å². The minimum Gasteiger partial charge on any atom is -0.338 e. The van der Waals surface area contributed by atoms with E-state index in [1.807, 2.05) is 6.92 Å². The second-order valence-corrected chi connectivity index (χ2v) is 5.52. The third-order valence-corrected chi connectivity index (χ3v) is 3.73. The van der Waals surface area contributed by atoms with Crippen LogP contribution in [0.5, 0.6) is 0 Å². The fourth-order valence-corrected chi connectivity index (χ4v) is 2.32. The normalized spacial score (nSPS) is 11.1. The molecular weight excluding hydrogens is 244 g/mol. The molecule has 0 saturated heterocycles. The van der Waals surface area contributed by atoms with Gasteiger partial charge in [0, 0.05) is 11.3 Å². The van der Waals surface area contributed by atoms with Crippen LogP contribution in [0.25, 0.3) is 0 Å². The zero-order chi connectivity index (χ0) is 13.0. The highest BCUT2D eigenvalue weighted by molar-refractivity contribution is 7.98. The lowest BCUT2D eigenvalue weighted by atomic mass is 10.0. The van der Waals surface area contributed by atoms with E-state index in [9.17, 15) is 0 Å². The van der Waals surface area contributed by atoms with Gasteiger partial charge in [-0.15, -0.1) is 11.8 Å². The summed E-state index contributed by atoms with van der Waals surface area (Å²) >= 11 is 1.72. The van der Waals surface area contributed by atoms with Gasteiger partial charge in [0.2, 0.25) is 5.89 Å². The first-order chi connectivity index (χ1) is 8.69. The van der Waals surface area contributed by atoms with Crippen molar-refractivity contribution in [2.75, 3.05) is 0 Å². The van der Waals surface area contributed by atoms with E-state index in [0.29, 0.717) is 11.8 Å². The molecule has 0 aliphatic heterocycles. The van der Waals surface area contributed by atoms with Gasteiger partial charge in [-0.25, -0.2) is 0 Å². The Morgan fingerprint density at radius 1 is 1.22 bits per heavy atom. The van der Waals surface area contributed by atoms with Gasteiger partial charge in [-0.2, -0.15) is 4.98 Å². The molecule has 1 aromatic carbocycles. The number of thioether (sulfide) groups is 1. The van der Waals surface area contributed by atoms with E-state index in [4.69, 9.17) is 4.52 Å². The standard InChI is InChI=1S/C14H18N2OS/c1-4-13-15-14(17-16-13)9-18-12-7-5-11(6-8-12)10(2)3/h5-8,10H,4,9H2,1-3H3. The van der Waals surface area contributed by atoms with Crippen LogP contribution in [-0.2, 0) is 12.2 Å². The summed E-state index contributed by atoms with van der Waals surface area (Å²) in [5.74, 6) is 2.78. The highest BCUT2D eigenvalue weighted by Gasteiger charge is 2.05. The average molecular weight is 262 g/mol. The molecule has 0 atom stereocenters. The van der Waals surface area contributed by atoms with Crippen LogP contribution in [0.2, 0.25) is 0 Å². The summed E-state index contributed by atoms with van der Waals surface area (Å²) < 4.78 is 5.16. The molecule has 0 N–H and O–H groups in total. The SMILES string of the molecule is CCc1noc(CSc2ccc(C(C)C)cc2)n1. The largest absolute Gasteiger partial charge is 0.338 e. The Labute approximate surface area is 112 Å². The van der Waals surface area contributed by atoms with Gasteiger partial charge in [0.15, 0.2) is 5.82 Å². The van der Waals surface area contributed by atoms with Crippen molar-refractivity contribution in [1.82, 2.24) is 10.1 Å². The smallest absolute Gasteiger partial charge is 0.237 e. The summed E-state index contributed by atoms with van der Waals surface area (Å²) in [6.07, 6.45) is 0.817. The quantitative estimate of drug-likeness (QED) is 0.762. The Kier molecular flexibility index (Phi) is 4.42. The van der Waals surface area contributed by atoms with E-state index >= 15 is 0 Å². The van der Waals surface area contributed by atoms with Crippen LogP contribution in [0.3, 0.4) is 0 Å². The van der Waals surface area contributed by atoms with Crippen LogP contribution < -0.4 is 0 Å². The van der Waals surface area contributed by atoms with Crippen LogP contribution in [0.1, 0.15) is 44.0 Å². The van der Waals surface area contributed by atoms with E-state index < -0.39 is 0 Å². The molecule has 18 heavy (non-hydrogen) atoms. The fraction of sp³-hybridized carbons (Fsp3) is 0.429. The lowest BCUT2D eigenvalue weighted by Crippen LogP contribution is -1.87. The van der Waals surface area contributed by atoms with Crippen molar-refractivity contribution in [1.29, 1.82) is 0 Å².